The molecule has 2 heterocycles. The van der Waals surface area contributed by atoms with Crippen molar-refractivity contribution in [2.45, 2.75) is 38.5 Å². The summed E-state index contributed by atoms with van der Waals surface area (Å²) in [6.07, 6.45) is 6.75. The monoisotopic (exact) mass is 270 g/mol. The van der Waals surface area contributed by atoms with E-state index in [-0.39, 0.29) is 6.10 Å². The van der Waals surface area contributed by atoms with Gasteiger partial charge in [0, 0.05) is 24.9 Å². The highest BCUT2D eigenvalue weighted by Gasteiger charge is 2.22. The molecule has 1 aliphatic rings. The minimum atomic E-state index is 0.252. The highest BCUT2D eigenvalue weighted by molar-refractivity contribution is 5.37. The summed E-state index contributed by atoms with van der Waals surface area (Å²) in [5.74, 6) is 1.05. The molecule has 0 radical (unpaired) electrons. The van der Waals surface area contributed by atoms with Crippen LogP contribution in [0.2, 0.25) is 0 Å². The molecule has 1 aromatic carbocycles. The summed E-state index contributed by atoms with van der Waals surface area (Å²) in [5.41, 5.74) is 2.68. The Morgan fingerprint density at radius 2 is 2.20 bits per heavy atom. The Hall–Kier alpha value is -1.74. The maximum absolute atomic E-state index is 6.00. The third kappa shape index (κ3) is 2.59. The van der Waals surface area contributed by atoms with Crippen molar-refractivity contribution in [3.8, 4) is 5.75 Å². The van der Waals surface area contributed by atoms with E-state index in [0.29, 0.717) is 6.04 Å². The lowest BCUT2D eigenvalue weighted by Gasteiger charge is -2.13. The minimum absolute atomic E-state index is 0.252. The van der Waals surface area contributed by atoms with Gasteiger partial charge < -0.3 is 14.6 Å². The van der Waals surface area contributed by atoms with Crippen LogP contribution in [0.3, 0.4) is 0 Å². The summed E-state index contributed by atoms with van der Waals surface area (Å²) in [6.45, 7) is 3.12. The Balaban J connectivity index is 1.65. The van der Waals surface area contributed by atoms with Gasteiger partial charge in [-0.15, -0.1) is 0 Å². The average molecular weight is 270 g/mol. The Kier molecular flexibility index (Phi) is 3.79. The number of rotatable bonds is 5. The van der Waals surface area contributed by atoms with Gasteiger partial charge in [-0.1, -0.05) is 25.1 Å². The first-order valence-corrected chi connectivity index (χ1v) is 7.37. The number of hydrogen-bond donors (Lipinski definition) is 1. The maximum Gasteiger partial charge on any atom is 0.123 e. The zero-order valence-electron chi connectivity index (χ0n) is 12.2. The fourth-order valence-corrected chi connectivity index (χ4v) is 2.98. The van der Waals surface area contributed by atoms with Crippen LogP contribution in [0, 0.1) is 0 Å². The molecule has 3 rings (SSSR count). The predicted molar refractivity (Wildman–Crippen MR) is 81.1 cm³/mol. The SMILES string of the molecule is CCC(NC)c1ccn(CC2Cc3ccccc3O2)c1. The van der Waals surface area contributed by atoms with Gasteiger partial charge in [0.25, 0.3) is 0 Å². The second kappa shape index (κ2) is 5.71. The molecule has 20 heavy (non-hydrogen) atoms. The van der Waals surface area contributed by atoms with E-state index in [4.69, 9.17) is 4.74 Å². The summed E-state index contributed by atoms with van der Waals surface area (Å²) >= 11 is 0. The normalized spacial score (nSPS) is 18.6. The van der Waals surface area contributed by atoms with Crippen LogP contribution in [0.1, 0.15) is 30.5 Å². The van der Waals surface area contributed by atoms with E-state index >= 15 is 0 Å². The summed E-state index contributed by atoms with van der Waals surface area (Å²) in [5, 5.41) is 3.34. The number of fused-ring (bicyclic) bond motifs is 1. The molecule has 3 nitrogen and oxygen atoms in total. The topological polar surface area (TPSA) is 26.2 Å². The van der Waals surface area contributed by atoms with E-state index in [2.05, 4.69) is 53.5 Å². The van der Waals surface area contributed by atoms with Crippen LogP contribution < -0.4 is 10.1 Å². The number of aromatic nitrogens is 1. The number of para-hydroxylation sites is 1. The first-order chi connectivity index (χ1) is 9.80. The number of benzene rings is 1. The van der Waals surface area contributed by atoms with Gasteiger partial charge in [-0.25, -0.2) is 0 Å². The summed E-state index contributed by atoms with van der Waals surface area (Å²) < 4.78 is 8.24. The second-order valence-electron chi connectivity index (χ2n) is 5.44. The van der Waals surface area contributed by atoms with Crippen molar-refractivity contribution in [1.29, 1.82) is 0 Å². The number of hydrogen-bond acceptors (Lipinski definition) is 2. The van der Waals surface area contributed by atoms with Gasteiger partial charge >= 0.3 is 0 Å². The van der Waals surface area contributed by atoms with Crippen molar-refractivity contribution >= 4 is 0 Å². The van der Waals surface area contributed by atoms with Gasteiger partial charge in [0.2, 0.25) is 0 Å². The smallest absolute Gasteiger partial charge is 0.123 e. The molecule has 2 aromatic rings. The van der Waals surface area contributed by atoms with E-state index in [1.165, 1.54) is 11.1 Å². The van der Waals surface area contributed by atoms with Crippen LogP contribution in [0.4, 0.5) is 0 Å². The van der Waals surface area contributed by atoms with Crippen molar-refractivity contribution in [2.75, 3.05) is 7.05 Å². The predicted octanol–water partition coefficient (Wildman–Crippen LogP) is 3.16. The zero-order valence-corrected chi connectivity index (χ0v) is 12.2. The molecule has 3 heteroatoms. The molecule has 0 saturated heterocycles. The third-order valence-electron chi connectivity index (χ3n) is 4.06. The summed E-state index contributed by atoms with van der Waals surface area (Å²) in [7, 11) is 2.02. The molecule has 0 amide bonds. The molecule has 1 aliphatic heterocycles. The van der Waals surface area contributed by atoms with E-state index in [1.807, 2.05) is 13.1 Å². The Morgan fingerprint density at radius 3 is 2.95 bits per heavy atom. The van der Waals surface area contributed by atoms with E-state index < -0.39 is 0 Å². The third-order valence-corrected chi connectivity index (χ3v) is 4.06. The lowest BCUT2D eigenvalue weighted by atomic mass is 10.1. The molecule has 2 unspecified atom stereocenters. The first kappa shape index (κ1) is 13.3. The Labute approximate surface area is 120 Å². The average Bonchev–Trinajstić information content (AvgIpc) is 3.07. The van der Waals surface area contributed by atoms with Crippen LogP contribution in [0.25, 0.3) is 0 Å². The van der Waals surface area contributed by atoms with Crippen LogP contribution in [-0.4, -0.2) is 17.7 Å². The number of nitrogens with zero attached hydrogens (tertiary/aromatic N) is 1. The lowest BCUT2D eigenvalue weighted by Crippen LogP contribution is -2.20. The molecule has 0 bridgehead atoms. The van der Waals surface area contributed by atoms with Gasteiger partial charge in [0.05, 0.1) is 6.54 Å². The van der Waals surface area contributed by atoms with Gasteiger partial charge in [0.15, 0.2) is 0 Å². The van der Waals surface area contributed by atoms with Gasteiger partial charge in [-0.3, -0.25) is 0 Å². The number of ether oxygens (including phenoxy) is 1. The maximum atomic E-state index is 6.00. The first-order valence-electron chi connectivity index (χ1n) is 7.37. The quantitative estimate of drug-likeness (QED) is 0.903. The molecular weight excluding hydrogens is 248 g/mol. The Morgan fingerprint density at radius 1 is 1.35 bits per heavy atom. The molecule has 2 atom stereocenters. The van der Waals surface area contributed by atoms with Crippen LogP contribution >= 0.6 is 0 Å². The van der Waals surface area contributed by atoms with Gasteiger partial charge in [0.1, 0.15) is 11.9 Å². The zero-order chi connectivity index (χ0) is 13.9. The van der Waals surface area contributed by atoms with Crippen molar-refractivity contribution in [1.82, 2.24) is 9.88 Å². The molecule has 1 N–H and O–H groups in total. The van der Waals surface area contributed by atoms with Crippen molar-refractivity contribution in [2.24, 2.45) is 0 Å². The molecular formula is C17H22N2O. The van der Waals surface area contributed by atoms with Gasteiger partial charge in [-0.05, 0) is 36.7 Å². The minimum Gasteiger partial charge on any atom is -0.488 e. The fraction of sp³-hybridized carbons (Fsp3) is 0.412. The molecule has 106 valence electrons. The molecule has 0 fully saturated rings. The molecule has 1 aromatic heterocycles. The van der Waals surface area contributed by atoms with Crippen molar-refractivity contribution in [3.63, 3.8) is 0 Å². The molecule has 0 saturated carbocycles. The van der Waals surface area contributed by atoms with Gasteiger partial charge in [-0.2, -0.15) is 0 Å². The molecule has 0 spiro atoms. The van der Waals surface area contributed by atoms with E-state index in [9.17, 15) is 0 Å². The summed E-state index contributed by atoms with van der Waals surface area (Å²) in [6, 6.07) is 11.0. The molecule has 0 aliphatic carbocycles. The second-order valence-corrected chi connectivity index (χ2v) is 5.44. The Bertz CT molecular complexity index is 547. The fourth-order valence-electron chi connectivity index (χ4n) is 2.98. The van der Waals surface area contributed by atoms with Crippen LogP contribution in [0.5, 0.6) is 5.75 Å². The highest BCUT2D eigenvalue weighted by Crippen LogP contribution is 2.29. The number of nitrogens with one attached hydrogen (secondary N) is 1. The largest absolute Gasteiger partial charge is 0.488 e. The standard InChI is InChI=1S/C17H22N2O/c1-3-16(18-2)14-8-9-19(11-14)12-15-10-13-6-4-5-7-17(13)20-15/h4-9,11,15-16,18H,3,10,12H2,1-2H3. The van der Waals surface area contributed by atoms with E-state index in [0.717, 1.165) is 25.1 Å². The summed E-state index contributed by atoms with van der Waals surface area (Å²) in [4.78, 5) is 0. The highest BCUT2D eigenvalue weighted by atomic mass is 16.5. The van der Waals surface area contributed by atoms with Crippen LogP contribution in [0.15, 0.2) is 42.7 Å². The van der Waals surface area contributed by atoms with Crippen molar-refractivity contribution in [3.05, 3.63) is 53.9 Å². The van der Waals surface area contributed by atoms with Crippen molar-refractivity contribution < 1.29 is 4.74 Å². The van der Waals surface area contributed by atoms with E-state index in [1.54, 1.807) is 0 Å². The lowest BCUT2D eigenvalue weighted by molar-refractivity contribution is 0.209. The van der Waals surface area contributed by atoms with Crippen LogP contribution in [-0.2, 0) is 13.0 Å².